The number of thiazole rings is 2. The van der Waals surface area contributed by atoms with Crippen LogP contribution in [0, 0.1) is 11.6 Å². The lowest BCUT2D eigenvalue weighted by Gasteiger charge is -2.48. The van der Waals surface area contributed by atoms with Crippen molar-refractivity contribution in [2.24, 2.45) is 0 Å². The van der Waals surface area contributed by atoms with Crippen molar-refractivity contribution in [3.8, 4) is 21.7 Å². The molecule has 5 rings (SSSR count). The number of hydrogen-bond donors (Lipinski definition) is 2. The molecule has 1 aromatic carbocycles. The van der Waals surface area contributed by atoms with Gasteiger partial charge in [-0.3, -0.25) is 5.10 Å². The van der Waals surface area contributed by atoms with E-state index in [2.05, 4.69) is 60.1 Å². The molecule has 4 heterocycles. The summed E-state index contributed by atoms with van der Waals surface area (Å²) < 4.78 is 29.6. The van der Waals surface area contributed by atoms with Crippen molar-refractivity contribution in [1.82, 2.24) is 25.5 Å². The Labute approximate surface area is 211 Å². The van der Waals surface area contributed by atoms with Crippen LogP contribution in [-0.2, 0) is 0 Å². The Morgan fingerprint density at radius 2 is 1.59 bits per heavy atom. The van der Waals surface area contributed by atoms with Gasteiger partial charge in [-0.05, 0) is 46.6 Å². The molecule has 182 valence electrons. The Morgan fingerprint density at radius 3 is 2.21 bits per heavy atom. The van der Waals surface area contributed by atoms with Crippen LogP contribution >= 0.6 is 35.1 Å². The van der Waals surface area contributed by atoms with Crippen LogP contribution < -0.4 is 10.2 Å². The molecule has 4 aromatic rings. The number of nitrogens with zero attached hydrogens (tertiary/aromatic N) is 4. The SMILES string of the molecule is CN(c1nc2sc(-c3ccc(-c4cn[nH]c4)c(F)c3F)nc2s1)C1CC(C)(C)NC(C)(C)C1.Cl. The lowest BCUT2D eigenvalue weighted by atomic mass is 9.79. The minimum absolute atomic E-state index is 0. The third-order valence-electron chi connectivity index (χ3n) is 6.10. The van der Waals surface area contributed by atoms with Crippen LogP contribution in [0.1, 0.15) is 40.5 Å². The third kappa shape index (κ3) is 4.56. The first-order chi connectivity index (χ1) is 15.5. The van der Waals surface area contributed by atoms with E-state index in [1.165, 1.54) is 35.1 Å². The first-order valence-corrected chi connectivity index (χ1v) is 12.4. The average Bonchev–Trinajstić information content (AvgIpc) is 3.43. The third-order valence-corrected chi connectivity index (χ3v) is 8.26. The molecular weight excluding hydrogens is 498 g/mol. The van der Waals surface area contributed by atoms with E-state index in [1.54, 1.807) is 12.1 Å². The van der Waals surface area contributed by atoms with Gasteiger partial charge in [-0.15, -0.1) is 12.4 Å². The van der Waals surface area contributed by atoms with Crippen molar-refractivity contribution in [3.63, 3.8) is 0 Å². The quantitative estimate of drug-likeness (QED) is 0.330. The van der Waals surface area contributed by atoms with Gasteiger partial charge in [0, 0.05) is 47.1 Å². The van der Waals surface area contributed by atoms with Crippen molar-refractivity contribution in [3.05, 3.63) is 36.2 Å². The monoisotopic (exact) mass is 524 g/mol. The number of nitrogens with one attached hydrogen (secondary N) is 2. The number of rotatable bonds is 4. The highest BCUT2D eigenvalue weighted by Gasteiger charge is 2.39. The standard InChI is InChI=1S/C23H26F2N6S2.ClH/c1-22(2)8-13(9-23(3,4)30-22)31(5)21-29-20-19(33-21)28-18(32-20)15-7-6-14(16(24)17(15)25)12-10-26-27-11-12;/h6-7,10-11,13,30H,8-9H2,1-5H3,(H,26,27);1H. The number of hydrogen-bond acceptors (Lipinski definition) is 7. The summed E-state index contributed by atoms with van der Waals surface area (Å²) >= 11 is 2.78. The lowest BCUT2D eigenvalue weighted by Crippen LogP contribution is -2.61. The fourth-order valence-electron chi connectivity index (χ4n) is 4.93. The van der Waals surface area contributed by atoms with E-state index >= 15 is 0 Å². The maximum absolute atomic E-state index is 14.9. The minimum Gasteiger partial charge on any atom is -0.348 e. The number of aromatic nitrogens is 4. The van der Waals surface area contributed by atoms with E-state index in [-0.39, 0.29) is 34.6 Å². The lowest BCUT2D eigenvalue weighted by molar-refractivity contribution is 0.161. The summed E-state index contributed by atoms with van der Waals surface area (Å²) in [7, 11) is 2.08. The second-order valence-corrected chi connectivity index (χ2v) is 11.9. The Morgan fingerprint density at radius 1 is 0.971 bits per heavy atom. The highest BCUT2D eigenvalue weighted by molar-refractivity contribution is 7.29. The number of aromatic amines is 1. The van der Waals surface area contributed by atoms with Crippen molar-refractivity contribution in [1.29, 1.82) is 0 Å². The Bertz CT molecular complexity index is 1270. The molecule has 2 N–H and O–H groups in total. The molecule has 34 heavy (non-hydrogen) atoms. The molecular formula is C23H27ClF2N6S2. The minimum atomic E-state index is -0.911. The Balaban J connectivity index is 0.00000274. The molecule has 0 bridgehead atoms. The molecule has 0 aliphatic carbocycles. The molecule has 0 radical (unpaired) electrons. The number of fused-ring (bicyclic) bond motifs is 1. The molecule has 0 unspecified atom stereocenters. The van der Waals surface area contributed by atoms with E-state index < -0.39 is 11.6 Å². The van der Waals surface area contributed by atoms with Crippen molar-refractivity contribution < 1.29 is 8.78 Å². The molecule has 0 atom stereocenters. The molecule has 0 spiro atoms. The van der Waals surface area contributed by atoms with Gasteiger partial charge in [0.2, 0.25) is 0 Å². The predicted octanol–water partition coefficient (Wildman–Crippen LogP) is 6.26. The van der Waals surface area contributed by atoms with Gasteiger partial charge in [0.1, 0.15) is 5.01 Å². The van der Waals surface area contributed by atoms with Gasteiger partial charge in [-0.25, -0.2) is 18.7 Å². The first-order valence-electron chi connectivity index (χ1n) is 10.8. The molecule has 1 fully saturated rings. The molecule has 1 saturated heterocycles. The molecule has 3 aromatic heterocycles. The van der Waals surface area contributed by atoms with Crippen LogP contribution in [0.25, 0.3) is 31.4 Å². The van der Waals surface area contributed by atoms with Gasteiger partial charge >= 0.3 is 0 Å². The maximum Gasteiger partial charge on any atom is 0.188 e. The number of H-pyrrole nitrogens is 1. The maximum atomic E-state index is 14.9. The van der Waals surface area contributed by atoms with Gasteiger partial charge in [-0.1, -0.05) is 28.7 Å². The van der Waals surface area contributed by atoms with Crippen LogP contribution in [0.2, 0.25) is 0 Å². The summed E-state index contributed by atoms with van der Waals surface area (Å²) in [6.07, 6.45) is 5.01. The van der Waals surface area contributed by atoms with E-state index in [9.17, 15) is 8.78 Å². The normalized spacial score (nSPS) is 17.6. The largest absolute Gasteiger partial charge is 0.348 e. The van der Waals surface area contributed by atoms with Gasteiger partial charge in [0.05, 0.1) is 6.20 Å². The zero-order chi connectivity index (χ0) is 23.5. The van der Waals surface area contributed by atoms with Gasteiger partial charge in [0.15, 0.2) is 26.4 Å². The number of piperidine rings is 1. The first kappa shape index (κ1) is 25.0. The fourth-order valence-corrected chi connectivity index (χ4v) is 7.02. The zero-order valence-electron chi connectivity index (χ0n) is 19.6. The number of anilines is 1. The zero-order valence-corrected chi connectivity index (χ0v) is 22.0. The smallest absolute Gasteiger partial charge is 0.188 e. The summed E-state index contributed by atoms with van der Waals surface area (Å²) in [5.41, 5.74) is 0.872. The van der Waals surface area contributed by atoms with Crippen LogP contribution in [0.4, 0.5) is 13.9 Å². The predicted molar refractivity (Wildman–Crippen MR) is 138 cm³/mol. The van der Waals surface area contributed by atoms with E-state index in [0.29, 0.717) is 16.6 Å². The van der Waals surface area contributed by atoms with Gasteiger partial charge < -0.3 is 10.2 Å². The van der Waals surface area contributed by atoms with Crippen LogP contribution in [0.15, 0.2) is 24.5 Å². The molecule has 6 nitrogen and oxygen atoms in total. The second-order valence-electron chi connectivity index (χ2n) is 9.97. The summed E-state index contributed by atoms with van der Waals surface area (Å²) in [4.78, 5) is 13.1. The average molecular weight is 525 g/mol. The topological polar surface area (TPSA) is 69.7 Å². The fraction of sp³-hybridized carbons (Fsp3) is 0.435. The molecule has 0 saturated carbocycles. The molecule has 11 heteroatoms. The summed E-state index contributed by atoms with van der Waals surface area (Å²) in [5.74, 6) is -1.82. The van der Waals surface area contributed by atoms with Crippen LogP contribution in [-0.4, -0.2) is 44.3 Å². The van der Waals surface area contributed by atoms with Crippen LogP contribution in [0.3, 0.4) is 0 Å². The second kappa shape index (κ2) is 8.82. The molecule has 0 amide bonds. The van der Waals surface area contributed by atoms with Crippen molar-refractivity contribution in [2.45, 2.75) is 57.7 Å². The van der Waals surface area contributed by atoms with Crippen molar-refractivity contribution >= 4 is 49.9 Å². The van der Waals surface area contributed by atoms with Gasteiger partial charge in [-0.2, -0.15) is 5.10 Å². The van der Waals surface area contributed by atoms with E-state index in [0.717, 1.165) is 27.6 Å². The van der Waals surface area contributed by atoms with E-state index in [4.69, 9.17) is 4.98 Å². The van der Waals surface area contributed by atoms with Crippen molar-refractivity contribution in [2.75, 3.05) is 11.9 Å². The number of halogens is 3. The van der Waals surface area contributed by atoms with Gasteiger partial charge in [0.25, 0.3) is 0 Å². The summed E-state index contributed by atoms with van der Waals surface area (Å²) in [5, 5.41) is 11.5. The highest BCUT2D eigenvalue weighted by atomic mass is 35.5. The summed E-state index contributed by atoms with van der Waals surface area (Å²) in [6, 6.07) is 3.47. The Kier molecular flexibility index (Phi) is 6.48. The number of benzene rings is 1. The summed E-state index contributed by atoms with van der Waals surface area (Å²) in [6.45, 7) is 8.92. The van der Waals surface area contributed by atoms with Crippen LogP contribution in [0.5, 0.6) is 0 Å². The molecule has 1 aliphatic rings. The van der Waals surface area contributed by atoms with E-state index in [1.807, 2.05) is 0 Å². The highest BCUT2D eigenvalue weighted by Crippen LogP contribution is 2.40. The Hall–Kier alpha value is -2.14. The molecule has 1 aliphatic heterocycles.